The first-order chi connectivity index (χ1) is 17.0. The second kappa shape index (κ2) is 9.28. The number of aromatic nitrogens is 1. The summed E-state index contributed by atoms with van der Waals surface area (Å²) in [6.07, 6.45) is 2.81. The van der Waals surface area contributed by atoms with Gasteiger partial charge in [-0.2, -0.15) is 0 Å². The van der Waals surface area contributed by atoms with Gasteiger partial charge in [-0.3, -0.25) is 14.9 Å². The Morgan fingerprint density at radius 3 is 2.60 bits per heavy atom. The second-order valence-corrected chi connectivity index (χ2v) is 7.94. The van der Waals surface area contributed by atoms with E-state index in [-0.39, 0.29) is 11.6 Å². The number of anilines is 1. The van der Waals surface area contributed by atoms with Crippen LogP contribution in [0.5, 0.6) is 0 Å². The standard InChI is InChI=1S/C26H16ClN3O5/c27-17-7-12-24-21(15-17)29-26(35-24)16-5-8-18(9-6-16)28-25(31)14-11-19-10-13-23(34-19)20-3-1-2-4-22(20)30(32)33/h1-15H,(H,28,31)/b14-11+. The minimum Gasteiger partial charge on any atom is -0.456 e. The lowest BCUT2D eigenvalue weighted by atomic mass is 10.1. The Labute approximate surface area is 203 Å². The highest BCUT2D eigenvalue weighted by Gasteiger charge is 2.16. The van der Waals surface area contributed by atoms with Gasteiger partial charge in [-0.1, -0.05) is 23.7 Å². The van der Waals surface area contributed by atoms with Crippen molar-refractivity contribution in [1.82, 2.24) is 4.98 Å². The molecule has 9 heteroatoms. The zero-order valence-corrected chi connectivity index (χ0v) is 18.7. The molecule has 2 heterocycles. The van der Waals surface area contributed by atoms with Crippen LogP contribution in [0.25, 0.3) is 40.0 Å². The second-order valence-electron chi connectivity index (χ2n) is 7.51. The van der Waals surface area contributed by atoms with Crippen LogP contribution >= 0.6 is 11.6 Å². The number of nitrogens with zero attached hydrogens (tertiary/aromatic N) is 2. The summed E-state index contributed by atoms with van der Waals surface area (Å²) in [7, 11) is 0. The quantitative estimate of drug-likeness (QED) is 0.158. The van der Waals surface area contributed by atoms with Crippen LogP contribution in [-0.2, 0) is 4.79 Å². The third-order valence-electron chi connectivity index (χ3n) is 5.14. The lowest BCUT2D eigenvalue weighted by molar-refractivity contribution is -0.384. The number of oxazole rings is 1. The number of hydrogen-bond acceptors (Lipinski definition) is 6. The first-order valence-corrected chi connectivity index (χ1v) is 10.8. The van der Waals surface area contributed by atoms with Gasteiger partial charge in [0.1, 0.15) is 17.0 Å². The molecule has 1 amide bonds. The Kier molecular flexibility index (Phi) is 5.87. The third kappa shape index (κ3) is 4.83. The minimum absolute atomic E-state index is 0.0554. The van der Waals surface area contributed by atoms with Gasteiger partial charge in [0.25, 0.3) is 5.69 Å². The number of rotatable bonds is 6. The molecule has 8 nitrogen and oxygen atoms in total. The highest BCUT2D eigenvalue weighted by Crippen LogP contribution is 2.31. The number of nitrogens with one attached hydrogen (secondary N) is 1. The molecule has 0 aliphatic rings. The molecule has 0 bridgehead atoms. The Balaban J connectivity index is 1.25. The molecule has 5 aromatic rings. The lowest BCUT2D eigenvalue weighted by Gasteiger charge is -2.02. The third-order valence-corrected chi connectivity index (χ3v) is 5.38. The Morgan fingerprint density at radius 1 is 1.00 bits per heavy atom. The van der Waals surface area contributed by atoms with Gasteiger partial charge in [0.15, 0.2) is 5.58 Å². The topological polar surface area (TPSA) is 111 Å². The largest absolute Gasteiger partial charge is 0.456 e. The van der Waals surface area contributed by atoms with E-state index in [2.05, 4.69) is 10.3 Å². The molecule has 0 radical (unpaired) electrons. The molecule has 0 aliphatic heterocycles. The average molecular weight is 486 g/mol. The van der Waals surface area contributed by atoms with Gasteiger partial charge >= 0.3 is 0 Å². The molecule has 2 aromatic heterocycles. The number of carbonyl (C=O) groups is 1. The van der Waals surface area contributed by atoms with Gasteiger partial charge in [-0.15, -0.1) is 0 Å². The fraction of sp³-hybridized carbons (Fsp3) is 0. The van der Waals surface area contributed by atoms with E-state index in [0.717, 1.165) is 5.56 Å². The van der Waals surface area contributed by atoms with Crippen molar-refractivity contribution < 1.29 is 18.6 Å². The SMILES string of the molecule is O=C(/C=C/c1ccc(-c2ccccc2[N+](=O)[O-])o1)Nc1ccc(-c2nc3cc(Cl)ccc3o2)cc1. The molecule has 172 valence electrons. The van der Waals surface area contributed by atoms with Crippen molar-refractivity contribution in [3.05, 3.63) is 106 Å². The van der Waals surface area contributed by atoms with Crippen LogP contribution in [0.3, 0.4) is 0 Å². The highest BCUT2D eigenvalue weighted by molar-refractivity contribution is 6.31. The van der Waals surface area contributed by atoms with Crippen LogP contribution in [0.2, 0.25) is 5.02 Å². The van der Waals surface area contributed by atoms with Gasteiger partial charge in [0.2, 0.25) is 11.8 Å². The van der Waals surface area contributed by atoms with Gasteiger partial charge in [0, 0.05) is 28.4 Å². The van der Waals surface area contributed by atoms with E-state index in [9.17, 15) is 14.9 Å². The van der Waals surface area contributed by atoms with Crippen molar-refractivity contribution in [2.75, 3.05) is 5.32 Å². The number of nitro groups is 1. The minimum atomic E-state index is -0.466. The van der Waals surface area contributed by atoms with Gasteiger partial charge in [0.05, 0.1) is 10.5 Å². The van der Waals surface area contributed by atoms with E-state index in [1.807, 2.05) is 0 Å². The van der Waals surface area contributed by atoms with Crippen LogP contribution in [0.4, 0.5) is 11.4 Å². The van der Waals surface area contributed by atoms with Crippen LogP contribution < -0.4 is 5.32 Å². The average Bonchev–Trinajstić information content (AvgIpc) is 3.50. The summed E-state index contributed by atoms with van der Waals surface area (Å²) in [6.45, 7) is 0. The number of hydrogen-bond donors (Lipinski definition) is 1. The lowest BCUT2D eigenvalue weighted by Crippen LogP contribution is -2.07. The molecule has 3 aromatic carbocycles. The fourth-order valence-corrected chi connectivity index (χ4v) is 3.66. The van der Waals surface area contributed by atoms with E-state index in [4.69, 9.17) is 20.4 Å². The van der Waals surface area contributed by atoms with Crippen LogP contribution in [0.1, 0.15) is 5.76 Å². The summed E-state index contributed by atoms with van der Waals surface area (Å²) < 4.78 is 11.4. The predicted octanol–water partition coefficient (Wildman–Crippen LogP) is 6.97. The zero-order chi connectivity index (χ0) is 24.4. The van der Waals surface area contributed by atoms with E-state index >= 15 is 0 Å². The Morgan fingerprint density at radius 2 is 1.80 bits per heavy atom. The van der Waals surface area contributed by atoms with Gasteiger partial charge in [-0.25, -0.2) is 4.98 Å². The summed E-state index contributed by atoms with van der Waals surface area (Å²) >= 11 is 6.00. The number of fused-ring (bicyclic) bond motifs is 1. The number of halogens is 1. The maximum absolute atomic E-state index is 12.3. The Bertz CT molecular complexity index is 1580. The maximum Gasteiger partial charge on any atom is 0.280 e. The van der Waals surface area contributed by atoms with E-state index in [1.54, 1.807) is 72.8 Å². The first kappa shape index (κ1) is 22.1. The van der Waals surface area contributed by atoms with Crippen molar-refractivity contribution in [2.45, 2.75) is 0 Å². The normalized spacial score (nSPS) is 11.2. The smallest absolute Gasteiger partial charge is 0.280 e. The number of nitro benzene ring substituents is 1. The van der Waals surface area contributed by atoms with E-state index in [1.165, 1.54) is 18.2 Å². The molecule has 0 fully saturated rings. The number of benzene rings is 3. The summed E-state index contributed by atoms with van der Waals surface area (Å²) in [4.78, 5) is 27.5. The van der Waals surface area contributed by atoms with Crippen molar-refractivity contribution in [3.8, 4) is 22.8 Å². The predicted molar refractivity (Wildman–Crippen MR) is 133 cm³/mol. The molecule has 0 atom stereocenters. The molecule has 0 unspecified atom stereocenters. The molecule has 35 heavy (non-hydrogen) atoms. The summed E-state index contributed by atoms with van der Waals surface area (Å²) in [5.74, 6) is 0.819. The van der Waals surface area contributed by atoms with Crippen molar-refractivity contribution in [1.29, 1.82) is 0 Å². The van der Waals surface area contributed by atoms with Crippen molar-refractivity contribution >= 4 is 46.1 Å². The molecule has 0 saturated heterocycles. The molecular formula is C26H16ClN3O5. The molecule has 0 aliphatic carbocycles. The zero-order valence-electron chi connectivity index (χ0n) is 18.0. The van der Waals surface area contributed by atoms with Crippen molar-refractivity contribution in [2.24, 2.45) is 0 Å². The molecular weight excluding hydrogens is 470 g/mol. The highest BCUT2D eigenvalue weighted by atomic mass is 35.5. The van der Waals surface area contributed by atoms with Gasteiger partial charge < -0.3 is 14.2 Å². The fourth-order valence-electron chi connectivity index (χ4n) is 3.49. The first-order valence-electron chi connectivity index (χ1n) is 10.5. The molecule has 0 saturated carbocycles. The molecule has 0 spiro atoms. The Hall–Kier alpha value is -4.69. The maximum atomic E-state index is 12.3. The van der Waals surface area contributed by atoms with Crippen LogP contribution in [0, 0.1) is 10.1 Å². The van der Waals surface area contributed by atoms with Crippen LogP contribution in [-0.4, -0.2) is 15.8 Å². The van der Waals surface area contributed by atoms with Crippen molar-refractivity contribution in [3.63, 3.8) is 0 Å². The number of amides is 1. The van der Waals surface area contributed by atoms with Gasteiger partial charge in [-0.05, 0) is 66.7 Å². The molecule has 1 N–H and O–H groups in total. The summed E-state index contributed by atoms with van der Waals surface area (Å²) in [5.41, 5.74) is 2.95. The van der Waals surface area contributed by atoms with E-state index < -0.39 is 4.92 Å². The monoisotopic (exact) mass is 485 g/mol. The number of carbonyl (C=O) groups excluding carboxylic acids is 1. The summed E-state index contributed by atoms with van der Waals surface area (Å²) in [5, 5.41) is 14.6. The number of para-hydroxylation sites is 1. The van der Waals surface area contributed by atoms with Crippen LogP contribution in [0.15, 0.2) is 93.8 Å². The van der Waals surface area contributed by atoms with E-state index in [0.29, 0.717) is 44.8 Å². The number of furan rings is 1. The molecule has 5 rings (SSSR count). The summed E-state index contributed by atoms with van der Waals surface area (Å²) in [6, 6.07) is 21.8.